The molecular formula is C15H26N2O2. The van der Waals surface area contributed by atoms with Crippen LogP contribution in [0.3, 0.4) is 0 Å². The zero-order valence-electron chi connectivity index (χ0n) is 12.7. The topological polar surface area (TPSA) is 33.7 Å². The van der Waals surface area contributed by atoms with Crippen LogP contribution >= 0.6 is 0 Å². The molecule has 108 valence electrons. The predicted molar refractivity (Wildman–Crippen MR) is 79.0 cm³/mol. The molecule has 0 saturated carbocycles. The Bertz CT molecular complexity index is 358. The Hall–Kier alpha value is -1.26. The van der Waals surface area contributed by atoms with Crippen molar-refractivity contribution in [1.82, 2.24) is 10.2 Å². The van der Waals surface area contributed by atoms with Crippen molar-refractivity contribution in [3.63, 3.8) is 0 Å². The van der Waals surface area contributed by atoms with Crippen LogP contribution in [0, 0.1) is 0 Å². The number of nitrogens with one attached hydrogen (secondary N) is 1. The fourth-order valence-electron chi connectivity index (χ4n) is 1.81. The third-order valence-electron chi connectivity index (χ3n) is 3.08. The molecule has 0 amide bonds. The second-order valence-electron chi connectivity index (χ2n) is 5.09. The molecule has 4 heteroatoms. The molecule has 4 nitrogen and oxygen atoms in total. The lowest BCUT2D eigenvalue weighted by molar-refractivity contribution is 0.365. The van der Waals surface area contributed by atoms with Crippen LogP contribution in [0.1, 0.15) is 18.9 Å². The Morgan fingerprint density at radius 1 is 1.11 bits per heavy atom. The first-order chi connectivity index (χ1) is 9.05. The molecule has 0 bridgehead atoms. The first-order valence-electron chi connectivity index (χ1n) is 6.65. The molecule has 0 aliphatic heterocycles. The fraction of sp³-hybridized carbons (Fsp3) is 0.600. The highest BCUT2D eigenvalue weighted by molar-refractivity contribution is 5.38. The van der Waals surface area contributed by atoms with Gasteiger partial charge in [-0.15, -0.1) is 0 Å². The van der Waals surface area contributed by atoms with Crippen molar-refractivity contribution in [1.29, 1.82) is 0 Å². The predicted octanol–water partition coefficient (Wildman–Crippen LogP) is 2.13. The van der Waals surface area contributed by atoms with E-state index in [4.69, 9.17) is 9.47 Å². The molecule has 0 spiro atoms. The van der Waals surface area contributed by atoms with Crippen molar-refractivity contribution in [3.05, 3.63) is 23.8 Å². The van der Waals surface area contributed by atoms with E-state index in [1.165, 1.54) is 5.56 Å². The monoisotopic (exact) mass is 266 g/mol. The minimum atomic E-state index is 0.486. The normalized spacial score (nSPS) is 12.5. The first kappa shape index (κ1) is 15.8. The third kappa shape index (κ3) is 5.94. The van der Waals surface area contributed by atoms with E-state index in [0.29, 0.717) is 6.04 Å². The van der Waals surface area contributed by atoms with Gasteiger partial charge in [0.15, 0.2) is 0 Å². The number of nitrogens with zero attached hydrogens (tertiary/aromatic N) is 1. The van der Waals surface area contributed by atoms with Gasteiger partial charge in [0.05, 0.1) is 14.2 Å². The van der Waals surface area contributed by atoms with Gasteiger partial charge in [-0.05, 0) is 51.7 Å². The Morgan fingerprint density at radius 2 is 1.68 bits per heavy atom. The third-order valence-corrected chi connectivity index (χ3v) is 3.08. The van der Waals surface area contributed by atoms with E-state index in [1.54, 1.807) is 14.2 Å². The molecule has 1 aromatic rings. The van der Waals surface area contributed by atoms with E-state index >= 15 is 0 Å². The molecule has 1 N–H and O–H groups in total. The Kier molecular flexibility index (Phi) is 6.67. The smallest absolute Gasteiger partial charge is 0.122 e. The summed E-state index contributed by atoms with van der Waals surface area (Å²) in [5, 5.41) is 3.52. The minimum Gasteiger partial charge on any atom is -0.497 e. The molecule has 1 rings (SSSR count). The number of ether oxygens (including phenoxy) is 2. The van der Waals surface area contributed by atoms with Gasteiger partial charge in [-0.2, -0.15) is 0 Å². The van der Waals surface area contributed by atoms with Crippen molar-refractivity contribution < 1.29 is 9.47 Å². The van der Waals surface area contributed by atoms with E-state index in [9.17, 15) is 0 Å². The van der Waals surface area contributed by atoms with Crippen molar-refractivity contribution in [2.45, 2.75) is 25.9 Å². The van der Waals surface area contributed by atoms with Crippen LogP contribution in [-0.4, -0.2) is 45.8 Å². The van der Waals surface area contributed by atoms with Crippen LogP contribution in [-0.2, 0) is 6.54 Å². The molecule has 1 aromatic carbocycles. The zero-order valence-corrected chi connectivity index (χ0v) is 12.7. The van der Waals surface area contributed by atoms with Gasteiger partial charge < -0.3 is 19.7 Å². The molecule has 1 atom stereocenters. The Labute approximate surface area is 116 Å². The van der Waals surface area contributed by atoms with E-state index in [0.717, 1.165) is 31.0 Å². The molecule has 0 aliphatic carbocycles. The lowest BCUT2D eigenvalue weighted by Gasteiger charge is -2.17. The van der Waals surface area contributed by atoms with Crippen LogP contribution in [0.2, 0.25) is 0 Å². The Balaban J connectivity index is 2.52. The van der Waals surface area contributed by atoms with Gasteiger partial charge in [0.1, 0.15) is 11.5 Å². The molecule has 0 fully saturated rings. The zero-order chi connectivity index (χ0) is 14.3. The van der Waals surface area contributed by atoms with Crippen LogP contribution in [0.5, 0.6) is 11.5 Å². The summed E-state index contributed by atoms with van der Waals surface area (Å²) in [6.45, 7) is 4.12. The molecule has 0 radical (unpaired) electrons. The molecule has 0 aliphatic rings. The lowest BCUT2D eigenvalue weighted by Crippen LogP contribution is -2.29. The van der Waals surface area contributed by atoms with E-state index < -0.39 is 0 Å². The molecule has 0 aromatic heterocycles. The number of hydrogen-bond acceptors (Lipinski definition) is 4. The number of benzene rings is 1. The van der Waals surface area contributed by atoms with Crippen molar-refractivity contribution in [2.24, 2.45) is 0 Å². The molecule has 1 unspecified atom stereocenters. The largest absolute Gasteiger partial charge is 0.497 e. The summed E-state index contributed by atoms with van der Waals surface area (Å²) in [5.74, 6) is 1.66. The van der Waals surface area contributed by atoms with Crippen LogP contribution in [0.25, 0.3) is 0 Å². The molecule has 19 heavy (non-hydrogen) atoms. The number of methoxy groups -OCH3 is 2. The summed E-state index contributed by atoms with van der Waals surface area (Å²) < 4.78 is 10.5. The maximum absolute atomic E-state index is 5.27. The first-order valence-corrected chi connectivity index (χ1v) is 6.65. The van der Waals surface area contributed by atoms with Crippen molar-refractivity contribution in [3.8, 4) is 11.5 Å². The van der Waals surface area contributed by atoms with Gasteiger partial charge in [0.2, 0.25) is 0 Å². The molecule has 0 saturated heterocycles. The summed E-state index contributed by atoms with van der Waals surface area (Å²) in [6.07, 6.45) is 1.13. The van der Waals surface area contributed by atoms with Crippen LogP contribution in [0.15, 0.2) is 18.2 Å². The van der Waals surface area contributed by atoms with E-state index in [-0.39, 0.29) is 0 Å². The lowest BCUT2D eigenvalue weighted by atomic mass is 10.1. The number of hydrogen-bond donors (Lipinski definition) is 1. The molecular weight excluding hydrogens is 240 g/mol. The summed E-state index contributed by atoms with van der Waals surface area (Å²) in [7, 11) is 7.54. The minimum absolute atomic E-state index is 0.486. The summed E-state index contributed by atoms with van der Waals surface area (Å²) >= 11 is 0. The Morgan fingerprint density at radius 3 is 2.16 bits per heavy atom. The molecule has 0 heterocycles. The quantitative estimate of drug-likeness (QED) is 0.781. The van der Waals surface area contributed by atoms with Crippen LogP contribution < -0.4 is 14.8 Å². The summed E-state index contributed by atoms with van der Waals surface area (Å²) in [5.41, 5.74) is 1.17. The average molecular weight is 266 g/mol. The highest BCUT2D eigenvalue weighted by atomic mass is 16.5. The second kappa shape index (κ2) is 8.02. The average Bonchev–Trinajstić information content (AvgIpc) is 2.42. The van der Waals surface area contributed by atoms with Gasteiger partial charge in [-0.25, -0.2) is 0 Å². The standard InChI is InChI=1S/C15H26N2O2/c1-12(6-7-17(2)3)16-11-13-8-14(18-4)10-15(9-13)19-5/h8-10,12,16H,6-7,11H2,1-5H3. The number of rotatable bonds is 8. The van der Waals surface area contributed by atoms with Gasteiger partial charge in [-0.1, -0.05) is 0 Å². The van der Waals surface area contributed by atoms with Crippen molar-refractivity contribution in [2.75, 3.05) is 34.9 Å². The van der Waals surface area contributed by atoms with Gasteiger partial charge in [0.25, 0.3) is 0 Å². The van der Waals surface area contributed by atoms with Gasteiger partial charge in [-0.3, -0.25) is 0 Å². The highest BCUT2D eigenvalue weighted by Crippen LogP contribution is 2.22. The fourth-order valence-corrected chi connectivity index (χ4v) is 1.81. The second-order valence-corrected chi connectivity index (χ2v) is 5.09. The summed E-state index contributed by atoms with van der Waals surface area (Å²) in [4.78, 5) is 2.20. The van der Waals surface area contributed by atoms with Gasteiger partial charge >= 0.3 is 0 Å². The van der Waals surface area contributed by atoms with Crippen molar-refractivity contribution >= 4 is 0 Å². The van der Waals surface area contributed by atoms with Crippen LogP contribution in [0.4, 0.5) is 0 Å². The SMILES string of the molecule is COc1cc(CNC(C)CCN(C)C)cc(OC)c1. The van der Waals surface area contributed by atoms with E-state index in [2.05, 4.69) is 31.2 Å². The maximum Gasteiger partial charge on any atom is 0.122 e. The van der Waals surface area contributed by atoms with E-state index in [1.807, 2.05) is 18.2 Å². The van der Waals surface area contributed by atoms with Gasteiger partial charge in [0, 0.05) is 18.7 Å². The maximum atomic E-state index is 5.27. The highest BCUT2D eigenvalue weighted by Gasteiger charge is 2.05. The summed E-state index contributed by atoms with van der Waals surface area (Å²) in [6, 6.07) is 6.45.